The minimum absolute atomic E-state index is 0.115. The quantitative estimate of drug-likeness (QED) is 0.725. The second-order valence-corrected chi connectivity index (χ2v) is 4.52. The smallest absolute Gasteiger partial charge is 0.239 e. The van der Waals surface area contributed by atoms with Gasteiger partial charge in [-0.05, 0) is 24.6 Å². The molecule has 2 rings (SSSR count). The SMILES string of the molecule is C[C@@H](NC(=O)C1CNC(=O)CN1)c1ccc(F)cc1. The average molecular weight is 265 g/mol. The van der Waals surface area contributed by atoms with Crippen molar-refractivity contribution in [1.29, 1.82) is 0 Å². The first kappa shape index (κ1) is 13.5. The van der Waals surface area contributed by atoms with E-state index in [4.69, 9.17) is 0 Å². The molecule has 1 heterocycles. The number of piperazine rings is 1. The van der Waals surface area contributed by atoms with E-state index in [9.17, 15) is 14.0 Å². The highest BCUT2D eigenvalue weighted by molar-refractivity contribution is 5.86. The molecule has 0 aliphatic carbocycles. The van der Waals surface area contributed by atoms with Crippen LogP contribution in [0.3, 0.4) is 0 Å². The number of carbonyl (C=O) groups is 2. The highest BCUT2D eigenvalue weighted by Crippen LogP contribution is 2.12. The molecule has 2 amide bonds. The van der Waals surface area contributed by atoms with Crippen LogP contribution >= 0.6 is 0 Å². The van der Waals surface area contributed by atoms with Gasteiger partial charge in [-0.2, -0.15) is 0 Å². The van der Waals surface area contributed by atoms with Crippen LogP contribution in [-0.2, 0) is 9.59 Å². The van der Waals surface area contributed by atoms with Gasteiger partial charge in [0.25, 0.3) is 0 Å². The Bertz CT molecular complexity index is 465. The van der Waals surface area contributed by atoms with E-state index in [0.29, 0.717) is 0 Å². The van der Waals surface area contributed by atoms with Gasteiger partial charge in [0.1, 0.15) is 11.9 Å². The number of hydrogen-bond donors (Lipinski definition) is 3. The minimum Gasteiger partial charge on any atom is -0.353 e. The van der Waals surface area contributed by atoms with Crippen molar-refractivity contribution in [3.8, 4) is 0 Å². The molecule has 5 nitrogen and oxygen atoms in total. The summed E-state index contributed by atoms with van der Waals surface area (Å²) in [4.78, 5) is 22.9. The van der Waals surface area contributed by atoms with Gasteiger partial charge in [-0.25, -0.2) is 4.39 Å². The van der Waals surface area contributed by atoms with Gasteiger partial charge in [0, 0.05) is 6.54 Å². The normalized spacial score (nSPS) is 20.5. The second kappa shape index (κ2) is 5.79. The van der Waals surface area contributed by atoms with E-state index in [2.05, 4.69) is 16.0 Å². The fourth-order valence-corrected chi connectivity index (χ4v) is 1.90. The standard InChI is InChI=1S/C13H16FN3O2/c1-8(9-2-4-10(14)5-3-9)17-13(19)11-6-16-12(18)7-15-11/h2-5,8,11,15H,6-7H2,1H3,(H,16,18)(H,17,19)/t8-,11?/m1/s1. The molecule has 0 saturated carbocycles. The zero-order valence-corrected chi connectivity index (χ0v) is 10.6. The second-order valence-electron chi connectivity index (χ2n) is 4.52. The molecule has 1 aromatic rings. The van der Waals surface area contributed by atoms with Crippen molar-refractivity contribution in [2.45, 2.75) is 19.0 Å². The van der Waals surface area contributed by atoms with Gasteiger partial charge in [-0.15, -0.1) is 0 Å². The molecule has 0 aromatic heterocycles. The first-order valence-corrected chi connectivity index (χ1v) is 6.12. The average Bonchev–Trinajstić information content (AvgIpc) is 2.40. The molecule has 1 aromatic carbocycles. The van der Waals surface area contributed by atoms with Crippen molar-refractivity contribution in [2.75, 3.05) is 13.1 Å². The van der Waals surface area contributed by atoms with E-state index in [1.165, 1.54) is 12.1 Å². The lowest BCUT2D eigenvalue weighted by Gasteiger charge is -2.25. The molecule has 1 aliphatic heterocycles. The molecule has 3 N–H and O–H groups in total. The Balaban J connectivity index is 1.91. The van der Waals surface area contributed by atoms with Gasteiger partial charge in [0.2, 0.25) is 11.8 Å². The van der Waals surface area contributed by atoms with E-state index >= 15 is 0 Å². The first-order valence-electron chi connectivity index (χ1n) is 6.12. The monoisotopic (exact) mass is 265 g/mol. The van der Waals surface area contributed by atoms with Gasteiger partial charge >= 0.3 is 0 Å². The van der Waals surface area contributed by atoms with Gasteiger partial charge < -0.3 is 10.6 Å². The highest BCUT2D eigenvalue weighted by Gasteiger charge is 2.24. The van der Waals surface area contributed by atoms with Gasteiger partial charge in [0.15, 0.2) is 0 Å². The fraction of sp³-hybridized carbons (Fsp3) is 0.385. The summed E-state index contributed by atoms with van der Waals surface area (Å²) in [7, 11) is 0. The van der Waals surface area contributed by atoms with Gasteiger partial charge in [-0.1, -0.05) is 12.1 Å². The fourth-order valence-electron chi connectivity index (χ4n) is 1.90. The summed E-state index contributed by atoms with van der Waals surface area (Å²) in [6.07, 6.45) is 0. The molecule has 1 aliphatic rings. The van der Waals surface area contributed by atoms with Crippen LogP contribution in [0.4, 0.5) is 4.39 Å². The molecule has 1 unspecified atom stereocenters. The largest absolute Gasteiger partial charge is 0.353 e. The lowest BCUT2D eigenvalue weighted by molar-refractivity contribution is -0.127. The lowest BCUT2D eigenvalue weighted by Crippen LogP contribution is -2.58. The van der Waals surface area contributed by atoms with E-state index < -0.39 is 6.04 Å². The Morgan fingerprint density at radius 3 is 2.68 bits per heavy atom. The molecular formula is C13H16FN3O2. The van der Waals surface area contributed by atoms with Crippen LogP contribution in [0.2, 0.25) is 0 Å². The maximum absolute atomic E-state index is 12.8. The predicted octanol–water partition coefficient (Wildman–Crippen LogP) is 0.0909. The number of hydrogen-bond acceptors (Lipinski definition) is 3. The Kier molecular flexibility index (Phi) is 4.11. The third-order valence-electron chi connectivity index (χ3n) is 3.06. The molecule has 1 saturated heterocycles. The Labute approximate surface area is 110 Å². The van der Waals surface area contributed by atoms with Crippen LogP contribution in [0.1, 0.15) is 18.5 Å². The maximum Gasteiger partial charge on any atom is 0.239 e. The summed E-state index contributed by atoms with van der Waals surface area (Å²) in [6.45, 7) is 2.25. The Morgan fingerprint density at radius 2 is 2.11 bits per heavy atom. The summed E-state index contributed by atoms with van der Waals surface area (Å²) in [5.74, 6) is -0.605. The number of benzene rings is 1. The molecule has 6 heteroatoms. The number of halogens is 1. The third kappa shape index (κ3) is 3.51. The predicted molar refractivity (Wildman–Crippen MR) is 67.8 cm³/mol. The zero-order valence-electron chi connectivity index (χ0n) is 10.6. The van der Waals surface area contributed by atoms with Crippen LogP contribution in [0.15, 0.2) is 24.3 Å². The molecule has 0 spiro atoms. The summed E-state index contributed by atoms with van der Waals surface area (Å²) < 4.78 is 12.8. The molecule has 1 fully saturated rings. The third-order valence-corrected chi connectivity index (χ3v) is 3.06. The Morgan fingerprint density at radius 1 is 1.42 bits per heavy atom. The van der Waals surface area contributed by atoms with Crippen molar-refractivity contribution >= 4 is 11.8 Å². The van der Waals surface area contributed by atoms with E-state index in [1.54, 1.807) is 12.1 Å². The zero-order chi connectivity index (χ0) is 13.8. The summed E-state index contributed by atoms with van der Waals surface area (Å²) >= 11 is 0. The summed E-state index contributed by atoms with van der Waals surface area (Å²) in [5, 5.41) is 8.30. The van der Waals surface area contributed by atoms with Crippen molar-refractivity contribution in [3.63, 3.8) is 0 Å². The van der Waals surface area contributed by atoms with Crippen LogP contribution in [-0.4, -0.2) is 30.9 Å². The van der Waals surface area contributed by atoms with Crippen LogP contribution in [0.5, 0.6) is 0 Å². The molecule has 0 radical (unpaired) electrons. The van der Waals surface area contributed by atoms with E-state index in [1.807, 2.05) is 6.92 Å². The molecule has 19 heavy (non-hydrogen) atoms. The van der Waals surface area contributed by atoms with E-state index in [-0.39, 0.29) is 36.8 Å². The van der Waals surface area contributed by atoms with Gasteiger partial charge in [0.05, 0.1) is 12.6 Å². The maximum atomic E-state index is 12.8. The topological polar surface area (TPSA) is 70.2 Å². The van der Waals surface area contributed by atoms with Gasteiger partial charge in [-0.3, -0.25) is 14.9 Å². The van der Waals surface area contributed by atoms with Crippen LogP contribution in [0, 0.1) is 5.82 Å². The Hall–Kier alpha value is -1.95. The van der Waals surface area contributed by atoms with Crippen LogP contribution < -0.4 is 16.0 Å². The lowest BCUT2D eigenvalue weighted by atomic mass is 10.1. The van der Waals surface area contributed by atoms with Crippen molar-refractivity contribution in [2.24, 2.45) is 0 Å². The van der Waals surface area contributed by atoms with Crippen molar-refractivity contribution in [1.82, 2.24) is 16.0 Å². The molecule has 102 valence electrons. The molecule has 0 bridgehead atoms. The van der Waals surface area contributed by atoms with Crippen molar-refractivity contribution < 1.29 is 14.0 Å². The van der Waals surface area contributed by atoms with E-state index in [0.717, 1.165) is 5.56 Å². The molecular weight excluding hydrogens is 249 g/mol. The van der Waals surface area contributed by atoms with Crippen LogP contribution in [0.25, 0.3) is 0 Å². The number of rotatable bonds is 3. The number of carbonyl (C=O) groups excluding carboxylic acids is 2. The number of amides is 2. The highest BCUT2D eigenvalue weighted by atomic mass is 19.1. The van der Waals surface area contributed by atoms with Crippen molar-refractivity contribution in [3.05, 3.63) is 35.6 Å². The minimum atomic E-state index is -0.430. The number of nitrogens with one attached hydrogen (secondary N) is 3. The summed E-state index contributed by atoms with van der Waals surface area (Å²) in [6, 6.07) is 5.34. The summed E-state index contributed by atoms with van der Waals surface area (Å²) in [5.41, 5.74) is 0.828. The molecule has 2 atom stereocenters. The first-order chi connectivity index (χ1) is 9.06.